The Kier molecular flexibility index (Phi) is 8.53. The number of aromatic nitrogens is 2. The lowest BCUT2D eigenvalue weighted by molar-refractivity contribution is -0.116. The monoisotopic (exact) mass is 708 g/mol. The Morgan fingerprint density at radius 3 is 2.48 bits per heavy atom. The fourth-order valence-corrected chi connectivity index (χ4v) is 9.47. The molecule has 4 aromatic rings. The van der Waals surface area contributed by atoms with Crippen LogP contribution in [0, 0.1) is 17.7 Å². The predicted molar refractivity (Wildman–Crippen MR) is 171 cm³/mol. The van der Waals surface area contributed by atoms with Crippen molar-refractivity contribution in [3.8, 4) is 11.3 Å². The molecule has 0 saturated heterocycles. The zero-order chi connectivity index (χ0) is 32.4. The average molecular weight is 710 g/mol. The normalized spacial score (nSPS) is 24.6. The predicted octanol–water partition coefficient (Wildman–Crippen LogP) is 7.72. The van der Waals surface area contributed by atoms with E-state index in [1.54, 1.807) is 18.2 Å². The minimum Gasteiger partial charge on any atom is -0.382 e. The van der Waals surface area contributed by atoms with E-state index in [0.717, 1.165) is 43.1 Å². The Balaban J connectivity index is 1.08. The van der Waals surface area contributed by atoms with Crippen LogP contribution in [0.25, 0.3) is 21.5 Å². The number of ketones is 1. The zero-order valence-electron chi connectivity index (χ0n) is 24.5. The van der Waals surface area contributed by atoms with E-state index in [0.29, 0.717) is 49.8 Å². The Labute approximate surface area is 278 Å². The first-order chi connectivity index (χ1) is 21.9. The summed E-state index contributed by atoms with van der Waals surface area (Å²) in [6.45, 7) is 0.266. The van der Waals surface area contributed by atoms with Crippen molar-refractivity contribution in [3.05, 3.63) is 68.1 Å². The minimum atomic E-state index is -4.19. The molecule has 7 rings (SSSR count). The van der Waals surface area contributed by atoms with Gasteiger partial charge < -0.3 is 14.4 Å². The Hall–Kier alpha value is -2.45. The lowest BCUT2D eigenvalue weighted by Crippen LogP contribution is -2.44. The molecule has 2 N–H and O–H groups in total. The number of rotatable bonds is 11. The summed E-state index contributed by atoms with van der Waals surface area (Å²) < 4.78 is 58.8. The summed E-state index contributed by atoms with van der Waals surface area (Å²) in [7, 11) is -4.19. The second-order valence-corrected chi connectivity index (χ2v) is 16.0. The largest absolute Gasteiger partial charge is 0.382 e. The molecule has 244 valence electrons. The van der Waals surface area contributed by atoms with Crippen LogP contribution in [0.15, 0.2) is 34.9 Å². The third-order valence-electron chi connectivity index (χ3n) is 9.55. The molecule has 3 fully saturated rings. The van der Waals surface area contributed by atoms with Gasteiger partial charge in [0.05, 0.1) is 33.2 Å². The van der Waals surface area contributed by atoms with Gasteiger partial charge in [0.25, 0.3) is 10.1 Å². The Morgan fingerprint density at radius 1 is 1.13 bits per heavy atom. The lowest BCUT2D eigenvalue weighted by Gasteiger charge is -2.41. The number of nitrogens with zero attached hydrogens (tertiary/aromatic N) is 2. The van der Waals surface area contributed by atoms with Gasteiger partial charge in [0.1, 0.15) is 27.6 Å². The van der Waals surface area contributed by atoms with Crippen LogP contribution >= 0.6 is 34.5 Å². The highest BCUT2D eigenvalue weighted by atomic mass is 35.5. The molecule has 2 bridgehead atoms. The fraction of sp³-hybridized carbons (Fsp3) is 0.469. The highest BCUT2D eigenvalue weighted by Gasteiger charge is 2.56. The van der Waals surface area contributed by atoms with Crippen molar-refractivity contribution in [1.82, 2.24) is 10.1 Å². The van der Waals surface area contributed by atoms with Crippen molar-refractivity contribution in [2.45, 2.75) is 75.6 Å². The van der Waals surface area contributed by atoms with E-state index in [9.17, 15) is 18.3 Å². The number of fused-ring (bicyclic) bond motifs is 3. The van der Waals surface area contributed by atoms with Gasteiger partial charge in [-0.15, -0.1) is 11.3 Å². The van der Waals surface area contributed by atoms with E-state index in [2.05, 4.69) is 10.1 Å². The summed E-state index contributed by atoms with van der Waals surface area (Å²) in [6.07, 6.45) is 4.41. The van der Waals surface area contributed by atoms with Gasteiger partial charge in [0, 0.05) is 29.0 Å². The summed E-state index contributed by atoms with van der Waals surface area (Å²) in [5, 5.41) is 17.9. The maximum absolute atomic E-state index is 15.2. The van der Waals surface area contributed by atoms with Gasteiger partial charge in [0.15, 0.2) is 11.6 Å². The molecule has 3 saturated carbocycles. The van der Waals surface area contributed by atoms with E-state index in [-0.39, 0.29) is 48.5 Å². The second kappa shape index (κ2) is 12.2. The number of halogens is 3. The molecule has 4 atom stereocenters. The number of carbonyl (C=O) groups is 1. The molecule has 3 aliphatic carbocycles. The second-order valence-electron chi connectivity index (χ2n) is 12.6. The number of ether oxygens (including phenoxy) is 1. The molecule has 9 nitrogen and oxygen atoms in total. The highest BCUT2D eigenvalue weighted by molar-refractivity contribution is 7.85. The van der Waals surface area contributed by atoms with Gasteiger partial charge >= 0.3 is 0 Å². The standard InChI is InChI=1S/C32H31Cl2FN2O7S2/c33-22-3-1-4-23(34)27(22)28-21(30(44-37-28)16-6-7-16)15-43-20-13-18-8-9-19(14-20)32(18,39)31-36-29-24(35)11-17(12-26(29)45-31)25(38)5-2-10-46(40,41)42/h1,3-4,11-12,16,18-20,39H,2,5-10,13-15H2,(H,40,41,42)/t18-,19+,20?,32?. The SMILES string of the molecule is O=C(CCCS(=O)(=O)O)c1cc(F)c2nc(C3(O)[C@@H]4CC[C@H]3CC(OCc3c(-c5c(Cl)cccc5Cl)noc3C3CC3)C4)sc2c1. The van der Waals surface area contributed by atoms with Crippen LogP contribution in [0.5, 0.6) is 0 Å². The number of hydrogen-bond donors (Lipinski definition) is 2. The summed E-state index contributed by atoms with van der Waals surface area (Å²) in [4.78, 5) is 17.2. The van der Waals surface area contributed by atoms with Crippen LogP contribution in [-0.4, -0.2) is 45.9 Å². The number of aliphatic hydroxyl groups is 1. The van der Waals surface area contributed by atoms with Crippen molar-refractivity contribution >= 4 is 60.7 Å². The molecule has 0 radical (unpaired) electrons. The Morgan fingerprint density at radius 2 is 1.83 bits per heavy atom. The molecule has 14 heteroatoms. The third-order valence-corrected chi connectivity index (χ3v) is 12.1. The quantitative estimate of drug-likeness (QED) is 0.118. The molecule has 2 heterocycles. The van der Waals surface area contributed by atoms with Gasteiger partial charge in [-0.3, -0.25) is 9.35 Å². The van der Waals surface area contributed by atoms with Crippen LogP contribution < -0.4 is 0 Å². The van der Waals surface area contributed by atoms with Gasteiger partial charge in [0.2, 0.25) is 0 Å². The number of hydrogen-bond acceptors (Lipinski definition) is 9. The van der Waals surface area contributed by atoms with Crippen molar-refractivity contribution < 1.29 is 36.5 Å². The molecule has 0 amide bonds. The lowest BCUT2D eigenvalue weighted by atomic mass is 9.73. The smallest absolute Gasteiger partial charge is 0.264 e. The molecule has 0 aliphatic heterocycles. The van der Waals surface area contributed by atoms with Crippen molar-refractivity contribution in [2.75, 3.05) is 5.75 Å². The molecule has 46 heavy (non-hydrogen) atoms. The highest BCUT2D eigenvalue weighted by Crippen LogP contribution is 2.57. The molecule has 2 unspecified atom stereocenters. The fourth-order valence-electron chi connectivity index (χ4n) is 7.12. The van der Waals surface area contributed by atoms with Crippen molar-refractivity contribution in [3.63, 3.8) is 0 Å². The summed E-state index contributed by atoms with van der Waals surface area (Å²) in [6, 6.07) is 7.93. The Bertz CT molecular complexity index is 1910. The van der Waals surface area contributed by atoms with E-state index in [1.807, 2.05) is 0 Å². The molecule has 0 spiro atoms. The van der Waals surface area contributed by atoms with Gasteiger partial charge in [-0.05, 0) is 81.0 Å². The maximum Gasteiger partial charge on any atom is 0.264 e. The number of benzene rings is 2. The van der Waals surface area contributed by atoms with E-state index < -0.39 is 33.1 Å². The zero-order valence-corrected chi connectivity index (χ0v) is 27.7. The van der Waals surface area contributed by atoms with E-state index in [1.165, 1.54) is 17.4 Å². The van der Waals surface area contributed by atoms with E-state index >= 15 is 4.39 Å². The molecule has 2 aromatic heterocycles. The van der Waals surface area contributed by atoms with Crippen LogP contribution in [-0.2, 0) is 27.1 Å². The molecular formula is C32H31Cl2FN2O7S2. The number of Topliss-reactive ketones (excluding diaryl/α,β-unsaturated/α-hetero) is 1. The average Bonchev–Trinajstić information content (AvgIpc) is 3.57. The molecule has 3 aliphatic rings. The van der Waals surface area contributed by atoms with Crippen LogP contribution in [0.3, 0.4) is 0 Å². The number of carbonyl (C=O) groups excluding carboxylic acids is 1. The number of thiazole rings is 1. The van der Waals surface area contributed by atoms with Crippen LogP contribution in [0.4, 0.5) is 4.39 Å². The van der Waals surface area contributed by atoms with Gasteiger partial charge in [-0.25, -0.2) is 9.37 Å². The topological polar surface area (TPSA) is 140 Å². The van der Waals surface area contributed by atoms with Gasteiger partial charge in [-0.2, -0.15) is 8.42 Å². The van der Waals surface area contributed by atoms with Crippen LogP contribution in [0.1, 0.15) is 84.0 Å². The van der Waals surface area contributed by atoms with Crippen molar-refractivity contribution in [2.24, 2.45) is 11.8 Å². The summed E-state index contributed by atoms with van der Waals surface area (Å²) >= 11 is 14.2. The summed E-state index contributed by atoms with van der Waals surface area (Å²) in [5.41, 5.74) is 0.980. The van der Waals surface area contributed by atoms with Crippen LogP contribution in [0.2, 0.25) is 10.0 Å². The van der Waals surface area contributed by atoms with Gasteiger partial charge in [-0.1, -0.05) is 34.4 Å². The first-order valence-corrected chi connectivity index (χ1v) is 18.5. The minimum absolute atomic E-state index is 0.0777. The third kappa shape index (κ3) is 6.02. The summed E-state index contributed by atoms with van der Waals surface area (Å²) in [5.74, 6) is -0.871. The molecular weight excluding hydrogens is 678 g/mol. The van der Waals surface area contributed by atoms with E-state index in [4.69, 9.17) is 37.0 Å². The first kappa shape index (κ1) is 32.1. The first-order valence-electron chi connectivity index (χ1n) is 15.3. The van der Waals surface area contributed by atoms with Crippen molar-refractivity contribution in [1.29, 1.82) is 0 Å². The maximum atomic E-state index is 15.2. The molecule has 2 aromatic carbocycles.